The fourth-order valence-corrected chi connectivity index (χ4v) is 6.25. The molecule has 4 saturated carbocycles. The molecule has 1 N–H and O–H groups in total. The van der Waals surface area contributed by atoms with Gasteiger partial charge in [0.1, 0.15) is 6.33 Å². The highest BCUT2D eigenvalue weighted by Crippen LogP contribution is 2.56. The lowest BCUT2D eigenvalue weighted by Gasteiger charge is -2.54. The zero-order valence-electron chi connectivity index (χ0n) is 18.0. The molecule has 162 valence electrons. The summed E-state index contributed by atoms with van der Waals surface area (Å²) in [7, 11) is 0. The first-order valence-corrected chi connectivity index (χ1v) is 11.5. The van der Waals surface area contributed by atoms with E-state index in [1.807, 2.05) is 19.1 Å². The Morgan fingerprint density at radius 2 is 1.84 bits per heavy atom. The van der Waals surface area contributed by atoms with Gasteiger partial charge in [0, 0.05) is 30.7 Å². The highest BCUT2D eigenvalue weighted by molar-refractivity contribution is 5.93. The number of anilines is 1. The van der Waals surface area contributed by atoms with Crippen molar-refractivity contribution in [1.82, 2.24) is 9.97 Å². The van der Waals surface area contributed by atoms with Gasteiger partial charge in [0.15, 0.2) is 0 Å². The maximum absolute atomic E-state index is 12.2. The van der Waals surface area contributed by atoms with E-state index < -0.39 is 0 Å². The summed E-state index contributed by atoms with van der Waals surface area (Å²) < 4.78 is 5.17. The Kier molecular flexibility index (Phi) is 5.70. The Labute approximate surface area is 183 Å². The van der Waals surface area contributed by atoms with Crippen molar-refractivity contribution in [2.24, 2.45) is 34.6 Å². The summed E-state index contributed by atoms with van der Waals surface area (Å²) in [5.41, 5.74) is 3.02. The first kappa shape index (κ1) is 20.2. The third-order valence-corrected chi connectivity index (χ3v) is 7.39. The normalized spacial score (nSPS) is 28.7. The molecule has 0 spiro atoms. The van der Waals surface area contributed by atoms with Crippen molar-refractivity contribution in [3.8, 4) is 0 Å². The minimum atomic E-state index is -0.324. The molecule has 0 amide bonds. The molecule has 1 aromatic carbocycles. The van der Waals surface area contributed by atoms with Crippen LogP contribution in [0.15, 0.2) is 41.9 Å². The fourth-order valence-electron chi connectivity index (χ4n) is 6.25. The van der Waals surface area contributed by atoms with Gasteiger partial charge in [0.2, 0.25) is 0 Å². The van der Waals surface area contributed by atoms with Crippen LogP contribution < -0.4 is 5.32 Å². The molecule has 4 bridgehead atoms. The number of nitrogens with zero attached hydrogens (tertiary/aromatic N) is 3. The average molecular weight is 419 g/mol. The van der Waals surface area contributed by atoms with Crippen molar-refractivity contribution in [3.63, 3.8) is 0 Å². The number of aromatic nitrogens is 2. The lowest BCUT2D eigenvalue weighted by atomic mass is 9.52. The lowest BCUT2D eigenvalue weighted by molar-refractivity contribution is -0.0305. The number of esters is 1. The van der Waals surface area contributed by atoms with Gasteiger partial charge in [-0.2, -0.15) is 0 Å². The Morgan fingerprint density at radius 1 is 1.13 bits per heavy atom. The van der Waals surface area contributed by atoms with E-state index in [-0.39, 0.29) is 5.97 Å². The molecule has 6 heteroatoms. The topological polar surface area (TPSA) is 76.5 Å². The highest BCUT2D eigenvalue weighted by atomic mass is 16.5. The molecule has 0 saturated heterocycles. The highest BCUT2D eigenvalue weighted by Gasteiger charge is 2.47. The molecule has 0 radical (unpaired) electrons. The monoisotopic (exact) mass is 418 g/mol. The Bertz CT molecular complexity index is 931. The summed E-state index contributed by atoms with van der Waals surface area (Å²) in [6, 6.07) is 5.58. The van der Waals surface area contributed by atoms with E-state index >= 15 is 0 Å². The molecule has 1 aromatic heterocycles. The van der Waals surface area contributed by atoms with E-state index in [0.29, 0.717) is 12.2 Å². The van der Waals surface area contributed by atoms with Gasteiger partial charge >= 0.3 is 5.97 Å². The molecule has 6 rings (SSSR count). The van der Waals surface area contributed by atoms with E-state index in [1.165, 1.54) is 38.4 Å². The van der Waals surface area contributed by atoms with Crippen LogP contribution >= 0.6 is 0 Å². The van der Waals surface area contributed by atoms with E-state index in [1.54, 1.807) is 24.7 Å². The van der Waals surface area contributed by atoms with Gasteiger partial charge in [-0.1, -0.05) is 0 Å². The van der Waals surface area contributed by atoms with Gasteiger partial charge < -0.3 is 10.1 Å². The molecule has 2 aromatic rings. The SMILES string of the molecule is CCOC(=O)c1ccc(NCC2C3CC4CC(C3)CC2C4)c(N=Cc2cncnc2)c1. The third-order valence-electron chi connectivity index (χ3n) is 7.39. The summed E-state index contributed by atoms with van der Waals surface area (Å²) >= 11 is 0. The Balaban J connectivity index is 1.35. The molecule has 0 aliphatic heterocycles. The fraction of sp³-hybridized carbons (Fsp3) is 0.520. The zero-order chi connectivity index (χ0) is 21.2. The number of nitrogens with one attached hydrogen (secondary N) is 1. The molecule has 4 aliphatic carbocycles. The molecule has 4 aliphatic rings. The van der Waals surface area contributed by atoms with Crippen LogP contribution in [-0.2, 0) is 4.74 Å². The first-order chi connectivity index (χ1) is 15.2. The van der Waals surface area contributed by atoms with Crippen LogP contribution in [0.2, 0.25) is 0 Å². The maximum Gasteiger partial charge on any atom is 0.338 e. The van der Waals surface area contributed by atoms with Gasteiger partial charge in [0.05, 0.1) is 23.5 Å². The summed E-state index contributed by atoms with van der Waals surface area (Å²) in [5, 5.41) is 3.68. The van der Waals surface area contributed by atoms with Crippen molar-refractivity contribution >= 4 is 23.6 Å². The van der Waals surface area contributed by atoms with Gasteiger partial charge in [-0.25, -0.2) is 14.8 Å². The molecule has 6 nitrogen and oxygen atoms in total. The lowest BCUT2D eigenvalue weighted by Crippen LogP contribution is -2.47. The largest absolute Gasteiger partial charge is 0.462 e. The van der Waals surface area contributed by atoms with Crippen molar-refractivity contribution < 1.29 is 9.53 Å². The molecule has 1 heterocycles. The van der Waals surface area contributed by atoms with Crippen LogP contribution in [0.3, 0.4) is 0 Å². The molecule has 0 unspecified atom stereocenters. The van der Waals surface area contributed by atoms with Gasteiger partial charge in [-0.05, 0) is 86.8 Å². The second kappa shape index (κ2) is 8.77. The Morgan fingerprint density at radius 3 is 2.52 bits per heavy atom. The number of ether oxygens (including phenoxy) is 1. The number of benzene rings is 1. The van der Waals surface area contributed by atoms with Gasteiger partial charge in [0.25, 0.3) is 0 Å². The second-order valence-electron chi connectivity index (χ2n) is 9.36. The van der Waals surface area contributed by atoms with Crippen LogP contribution in [-0.4, -0.2) is 35.3 Å². The maximum atomic E-state index is 12.2. The Hall–Kier alpha value is -2.76. The first-order valence-electron chi connectivity index (χ1n) is 11.5. The number of carbonyl (C=O) groups is 1. The van der Waals surface area contributed by atoms with Crippen LogP contribution in [0.5, 0.6) is 0 Å². The second-order valence-corrected chi connectivity index (χ2v) is 9.36. The van der Waals surface area contributed by atoms with Crippen LogP contribution in [0.1, 0.15) is 54.9 Å². The average Bonchev–Trinajstić information content (AvgIpc) is 2.78. The van der Waals surface area contributed by atoms with Crippen LogP contribution in [0.4, 0.5) is 11.4 Å². The van der Waals surface area contributed by atoms with E-state index in [4.69, 9.17) is 4.74 Å². The molecule has 0 atom stereocenters. The summed E-state index contributed by atoms with van der Waals surface area (Å²) in [4.78, 5) is 25.0. The van der Waals surface area contributed by atoms with E-state index in [9.17, 15) is 4.79 Å². The van der Waals surface area contributed by atoms with Crippen molar-refractivity contribution in [2.75, 3.05) is 18.5 Å². The number of hydrogen-bond donors (Lipinski definition) is 1. The minimum Gasteiger partial charge on any atom is -0.462 e. The molecule has 4 fully saturated rings. The standard InChI is InChI=1S/C25H30N4O2/c1-2-31-25(30)19-3-4-23(24(10-19)28-13-18-11-26-15-27-12-18)29-14-22-20-6-16-5-17(8-20)9-21(22)7-16/h3-4,10-13,15-17,20-22,29H,2,5-9,14H2,1H3. The zero-order valence-corrected chi connectivity index (χ0v) is 18.0. The van der Waals surface area contributed by atoms with Gasteiger partial charge in [-0.3, -0.25) is 4.99 Å². The quantitative estimate of drug-likeness (QED) is 0.512. The van der Waals surface area contributed by atoms with Crippen molar-refractivity contribution in [1.29, 1.82) is 0 Å². The predicted octanol–water partition coefficient (Wildman–Crippen LogP) is 4.89. The van der Waals surface area contributed by atoms with Crippen LogP contribution in [0.25, 0.3) is 0 Å². The van der Waals surface area contributed by atoms with E-state index in [0.717, 1.165) is 53.1 Å². The summed E-state index contributed by atoms with van der Waals surface area (Å²) in [6.07, 6.45) is 13.8. The smallest absolute Gasteiger partial charge is 0.338 e. The van der Waals surface area contributed by atoms with E-state index in [2.05, 4.69) is 20.3 Å². The molecule has 31 heavy (non-hydrogen) atoms. The summed E-state index contributed by atoms with van der Waals surface area (Å²) in [5.74, 6) is 4.13. The minimum absolute atomic E-state index is 0.324. The molecular weight excluding hydrogens is 388 g/mol. The number of rotatable bonds is 7. The van der Waals surface area contributed by atoms with Gasteiger partial charge in [-0.15, -0.1) is 0 Å². The number of hydrogen-bond acceptors (Lipinski definition) is 6. The van der Waals surface area contributed by atoms with Crippen molar-refractivity contribution in [2.45, 2.75) is 39.0 Å². The number of aliphatic imine (C=N–C) groups is 1. The number of carbonyl (C=O) groups excluding carboxylic acids is 1. The summed E-state index contributed by atoms with van der Waals surface area (Å²) in [6.45, 7) is 3.14. The predicted molar refractivity (Wildman–Crippen MR) is 121 cm³/mol. The van der Waals surface area contributed by atoms with Crippen molar-refractivity contribution in [3.05, 3.63) is 48.0 Å². The molecular formula is C25H30N4O2. The third kappa shape index (κ3) is 4.34. The van der Waals surface area contributed by atoms with Crippen LogP contribution in [0, 0.1) is 29.6 Å².